The molecule has 1 rings (SSSR count). The summed E-state index contributed by atoms with van der Waals surface area (Å²) < 4.78 is 9.39. The van der Waals surface area contributed by atoms with E-state index in [1.54, 1.807) is 0 Å². The van der Waals surface area contributed by atoms with Crippen LogP contribution < -0.4 is 10.1 Å². The van der Waals surface area contributed by atoms with Crippen molar-refractivity contribution in [1.82, 2.24) is 5.32 Å². The van der Waals surface area contributed by atoms with Gasteiger partial charge in [0.15, 0.2) is 0 Å². The largest absolute Gasteiger partial charge is 0.496 e. The first-order valence-corrected chi connectivity index (χ1v) is 6.20. The van der Waals surface area contributed by atoms with Crippen LogP contribution in [0.3, 0.4) is 0 Å². The summed E-state index contributed by atoms with van der Waals surface area (Å²) in [6.45, 7) is 0. The van der Waals surface area contributed by atoms with Gasteiger partial charge in [-0.3, -0.25) is 9.59 Å². The minimum Gasteiger partial charge on any atom is -0.496 e. The number of carboxylic acid groups (broad SMARTS) is 1. The molecule has 21 heavy (non-hydrogen) atoms. The Kier molecular flexibility index (Phi) is 5.98. The van der Waals surface area contributed by atoms with Crippen LogP contribution in [0, 0.1) is 0 Å². The monoisotopic (exact) mass is 315 g/mol. The van der Waals surface area contributed by atoms with Crippen LogP contribution in [0.4, 0.5) is 0 Å². The Morgan fingerprint density at radius 2 is 2.00 bits per heavy atom. The van der Waals surface area contributed by atoms with Crippen molar-refractivity contribution in [3.8, 4) is 5.75 Å². The molecule has 0 spiro atoms. The fraction of sp³-hybridized carbons (Fsp3) is 0.308. The van der Waals surface area contributed by atoms with E-state index in [2.05, 4.69) is 10.1 Å². The lowest BCUT2D eigenvalue weighted by atomic mass is 10.1. The average molecular weight is 316 g/mol. The second-order valence-electron chi connectivity index (χ2n) is 3.99. The lowest BCUT2D eigenvalue weighted by Gasteiger charge is -2.15. The molecule has 0 aliphatic rings. The Morgan fingerprint density at radius 1 is 1.33 bits per heavy atom. The van der Waals surface area contributed by atoms with Gasteiger partial charge in [0.05, 0.1) is 26.2 Å². The molecule has 1 amide bonds. The number of carbonyl (C=O) groups is 3. The Bertz CT molecular complexity index is 560. The number of amides is 1. The number of hydrogen-bond donors (Lipinski definition) is 2. The van der Waals surface area contributed by atoms with Crippen LogP contribution in [-0.2, 0) is 14.3 Å². The number of aliphatic carboxylic acids is 1. The lowest BCUT2D eigenvalue weighted by Crippen LogP contribution is -2.42. The molecule has 8 heteroatoms. The van der Waals surface area contributed by atoms with E-state index in [0.29, 0.717) is 5.02 Å². The zero-order chi connectivity index (χ0) is 16.0. The maximum atomic E-state index is 12.1. The van der Waals surface area contributed by atoms with Crippen LogP contribution in [0.2, 0.25) is 5.02 Å². The zero-order valence-corrected chi connectivity index (χ0v) is 12.1. The third kappa shape index (κ3) is 4.64. The van der Waals surface area contributed by atoms with Gasteiger partial charge in [0.1, 0.15) is 11.8 Å². The average Bonchev–Trinajstić information content (AvgIpc) is 2.45. The first-order valence-electron chi connectivity index (χ1n) is 5.83. The fourth-order valence-electron chi connectivity index (χ4n) is 1.54. The SMILES string of the molecule is COC(=O)C[C@H](NC(=O)c1cc(Cl)ccc1OC)C(=O)O. The second-order valence-corrected chi connectivity index (χ2v) is 4.43. The van der Waals surface area contributed by atoms with Gasteiger partial charge in [-0.1, -0.05) is 11.6 Å². The van der Waals surface area contributed by atoms with Gasteiger partial charge >= 0.3 is 11.9 Å². The number of ether oxygens (including phenoxy) is 2. The third-order valence-corrected chi connectivity index (χ3v) is 2.84. The maximum absolute atomic E-state index is 12.1. The van der Waals surface area contributed by atoms with Gasteiger partial charge in [-0.15, -0.1) is 0 Å². The summed E-state index contributed by atoms with van der Waals surface area (Å²) in [4.78, 5) is 34.3. The predicted molar refractivity (Wildman–Crippen MR) is 73.5 cm³/mol. The van der Waals surface area contributed by atoms with Crippen LogP contribution in [0.1, 0.15) is 16.8 Å². The molecule has 1 atom stereocenters. The topological polar surface area (TPSA) is 102 Å². The van der Waals surface area contributed by atoms with E-state index in [1.165, 1.54) is 25.3 Å². The number of methoxy groups -OCH3 is 2. The lowest BCUT2D eigenvalue weighted by molar-refractivity contribution is -0.147. The molecule has 0 aliphatic heterocycles. The maximum Gasteiger partial charge on any atom is 0.326 e. The second kappa shape index (κ2) is 7.49. The molecule has 0 unspecified atom stereocenters. The molecular weight excluding hydrogens is 302 g/mol. The predicted octanol–water partition coefficient (Wildman–Crippen LogP) is 1.09. The summed E-state index contributed by atoms with van der Waals surface area (Å²) in [5.74, 6) is -2.58. The van der Waals surface area contributed by atoms with Gasteiger partial charge in [-0.2, -0.15) is 0 Å². The normalized spacial score (nSPS) is 11.4. The number of rotatable bonds is 6. The molecule has 0 heterocycles. The highest BCUT2D eigenvalue weighted by Crippen LogP contribution is 2.22. The highest BCUT2D eigenvalue weighted by atomic mass is 35.5. The van der Waals surface area contributed by atoms with Crippen LogP contribution in [0.25, 0.3) is 0 Å². The zero-order valence-electron chi connectivity index (χ0n) is 11.4. The Labute approximate surface area is 125 Å². The van der Waals surface area contributed by atoms with Gasteiger partial charge in [-0.25, -0.2) is 4.79 Å². The standard InChI is InChI=1S/C13H14ClNO6/c1-20-10-4-3-7(14)5-8(10)12(17)15-9(13(18)19)6-11(16)21-2/h3-5,9H,6H2,1-2H3,(H,15,17)(H,18,19)/t9-/m0/s1. The van der Waals surface area contributed by atoms with Crippen molar-refractivity contribution < 1.29 is 29.0 Å². The molecule has 114 valence electrons. The number of nitrogens with one attached hydrogen (secondary N) is 1. The van der Waals surface area contributed by atoms with Crippen molar-refractivity contribution in [2.45, 2.75) is 12.5 Å². The van der Waals surface area contributed by atoms with Crippen molar-refractivity contribution in [2.24, 2.45) is 0 Å². The minimum absolute atomic E-state index is 0.0705. The molecule has 1 aromatic carbocycles. The van der Waals surface area contributed by atoms with E-state index < -0.39 is 30.3 Å². The summed E-state index contributed by atoms with van der Waals surface area (Å²) in [6.07, 6.45) is -0.486. The number of hydrogen-bond acceptors (Lipinski definition) is 5. The van der Waals surface area contributed by atoms with Crippen molar-refractivity contribution >= 4 is 29.4 Å². The van der Waals surface area contributed by atoms with Crippen molar-refractivity contribution in [3.05, 3.63) is 28.8 Å². The Morgan fingerprint density at radius 3 is 2.52 bits per heavy atom. The summed E-state index contributed by atoms with van der Waals surface area (Å²) in [6, 6.07) is 2.94. The summed E-state index contributed by atoms with van der Waals surface area (Å²) in [5.41, 5.74) is 0.0705. The molecule has 0 radical (unpaired) electrons. The minimum atomic E-state index is -1.41. The molecule has 0 saturated carbocycles. The van der Waals surface area contributed by atoms with Gasteiger partial charge in [0.25, 0.3) is 5.91 Å². The summed E-state index contributed by atoms with van der Waals surface area (Å²) in [5, 5.41) is 11.5. The molecule has 7 nitrogen and oxygen atoms in total. The summed E-state index contributed by atoms with van der Waals surface area (Å²) >= 11 is 5.80. The van der Waals surface area contributed by atoms with Gasteiger partial charge in [0.2, 0.25) is 0 Å². The molecule has 0 saturated heterocycles. The van der Waals surface area contributed by atoms with E-state index in [-0.39, 0.29) is 11.3 Å². The summed E-state index contributed by atoms with van der Waals surface area (Å²) in [7, 11) is 2.49. The van der Waals surface area contributed by atoms with Gasteiger partial charge < -0.3 is 19.9 Å². The first kappa shape index (κ1) is 16.8. The quantitative estimate of drug-likeness (QED) is 0.762. The van der Waals surface area contributed by atoms with Crippen LogP contribution in [0.5, 0.6) is 5.75 Å². The number of carbonyl (C=O) groups excluding carboxylic acids is 2. The smallest absolute Gasteiger partial charge is 0.326 e. The highest BCUT2D eigenvalue weighted by Gasteiger charge is 2.25. The molecule has 0 aromatic heterocycles. The Balaban J connectivity index is 2.94. The van der Waals surface area contributed by atoms with E-state index >= 15 is 0 Å². The highest BCUT2D eigenvalue weighted by molar-refractivity contribution is 6.31. The van der Waals surface area contributed by atoms with Crippen molar-refractivity contribution in [3.63, 3.8) is 0 Å². The molecule has 0 bridgehead atoms. The van der Waals surface area contributed by atoms with Crippen molar-refractivity contribution in [1.29, 1.82) is 0 Å². The van der Waals surface area contributed by atoms with E-state index in [0.717, 1.165) is 7.11 Å². The first-order chi connectivity index (χ1) is 9.88. The Hall–Kier alpha value is -2.28. The fourth-order valence-corrected chi connectivity index (χ4v) is 1.72. The van der Waals surface area contributed by atoms with Gasteiger partial charge in [-0.05, 0) is 18.2 Å². The third-order valence-electron chi connectivity index (χ3n) is 2.61. The molecule has 0 fully saturated rings. The van der Waals surface area contributed by atoms with E-state index in [1.807, 2.05) is 0 Å². The van der Waals surface area contributed by atoms with E-state index in [4.69, 9.17) is 21.4 Å². The van der Waals surface area contributed by atoms with Crippen LogP contribution >= 0.6 is 11.6 Å². The van der Waals surface area contributed by atoms with Crippen molar-refractivity contribution in [2.75, 3.05) is 14.2 Å². The van der Waals surface area contributed by atoms with E-state index in [9.17, 15) is 14.4 Å². The molecule has 0 aliphatic carbocycles. The molecular formula is C13H14ClNO6. The number of benzene rings is 1. The molecule has 2 N–H and O–H groups in total. The number of carboxylic acids is 1. The van der Waals surface area contributed by atoms with Crippen LogP contribution in [0.15, 0.2) is 18.2 Å². The number of halogens is 1. The molecule has 1 aromatic rings. The number of esters is 1. The van der Waals surface area contributed by atoms with Gasteiger partial charge in [0, 0.05) is 5.02 Å². The van der Waals surface area contributed by atoms with Crippen LogP contribution in [-0.4, -0.2) is 43.2 Å².